The fourth-order valence-corrected chi connectivity index (χ4v) is 5.61. The molecule has 2 heterocycles. The SMILES string of the molecule is OC[C@H]1[C@@H]2C[C@](O)([C@@H]1O)[C@@H]2n1cnc2c(NCc3cccc(I)c3)nc(Cl)nc21. The van der Waals surface area contributed by atoms with Gasteiger partial charge in [-0.1, -0.05) is 12.1 Å². The van der Waals surface area contributed by atoms with Crippen LogP contribution in [-0.2, 0) is 6.54 Å². The number of anilines is 1. The summed E-state index contributed by atoms with van der Waals surface area (Å²) in [7, 11) is 0. The van der Waals surface area contributed by atoms with Gasteiger partial charge in [-0.25, -0.2) is 4.98 Å². The van der Waals surface area contributed by atoms with Crippen molar-refractivity contribution in [3.8, 4) is 0 Å². The number of rotatable bonds is 5. The number of halogens is 2. The lowest BCUT2D eigenvalue weighted by atomic mass is 9.72. The van der Waals surface area contributed by atoms with Crippen LogP contribution in [0.1, 0.15) is 18.0 Å². The molecule has 152 valence electrons. The predicted octanol–water partition coefficient (Wildman–Crippen LogP) is 1.97. The Morgan fingerprint density at radius 1 is 1.34 bits per heavy atom. The highest BCUT2D eigenvalue weighted by atomic mass is 127. The Hall–Kier alpha value is -1.53. The second kappa shape index (κ2) is 7.02. The molecule has 3 aliphatic carbocycles. The normalized spacial score (nSPS) is 30.5. The van der Waals surface area contributed by atoms with Gasteiger partial charge in [-0.3, -0.25) is 0 Å². The van der Waals surface area contributed by atoms with Crippen LogP contribution in [0.3, 0.4) is 0 Å². The Bertz CT molecular complexity index is 1090. The van der Waals surface area contributed by atoms with Crippen LogP contribution in [0.2, 0.25) is 5.28 Å². The summed E-state index contributed by atoms with van der Waals surface area (Å²) in [6.45, 7) is 0.378. The summed E-state index contributed by atoms with van der Waals surface area (Å²) in [5.41, 5.74) is 0.843. The quantitative estimate of drug-likeness (QED) is 0.296. The number of fused-ring (bicyclic) bond motifs is 2. The number of aromatic nitrogens is 4. The Morgan fingerprint density at radius 2 is 2.17 bits per heavy atom. The van der Waals surface area contributed by atoms with Crippen molar-refractivity contribution in [1.29, 1.82) is 0 Å². The monoisotopic (exact) mass is 527 g/mol. The Morgan fingerprint density at radius 3 is 2.90 bits per heavy atom. The molecule has 3 fully saturated rings. The van der Waals surface area contributed by atoms with Crippen LogP contribution in [0, 0.1) is 15.4 Å². The van der Waals surface area contributed by atoms with E-state index in [4.69, 9.17) is 11.6 Å². The molecule has 4 N–H and O–H groups in total. The molecule has 3 saturated carbocycles. The van der Waals surface area contributed by atoms with Gasteiger partial charge >= 0.3 is 0 Å². The second-order valence-corrected chi connectivity index (χ2v) is 9.33. The van der Waals surface area contributed by atoms with Crippen LogP contribution in [0.5, 0.6) is 0 Å². The molecule has 6 rings (SSSR count). The lowest BCUT2D eigenvalue weighted by Gasteiger charge is -2.44. The van der Waals surface area contributed by atoms with Crippen LogP contribution >= 0.6 is 34.2 Å². The van der Waals surface area contributed by atoms with Crippen LogP contribution in [0.25, 0.3) is 11.2 Å². The molecular formula is C19H19ClIN5O3. The first-order valence-electron chi connectivity index (χ1n) is 9.32. The molecule has 3 aliphatic rings. The molecule has 1 aromatic carbocycles. The highest BCUT2D eigenvalue weighted by molar-refractivity contribution is 14.1. The molecule has 0 radical (unpaired) electrons. The summed E-state index contributed by atoms with van der Waals surface area (Å²) in [4.78, 5) is 13.1. The number of hydrogen-bond donors (Lipinski definition) is 4. The highest BCUT2D eigenvalue weighted by Gasteiger charge is 2.69. The van der Waals surface area contributed by atoms with E-state index < -0.39 is 17.7 Å². The van der Waals surface area contributed by atoms with E-state index in [1.165, 1.54) is 0 Å². The molecule has 29 heavy (non-hydrogen) atoms. The minimum absolute atomic E-state index is 0.0473. The molecule has 2 aromatic heterocycles. The number of nitrogens with one attached hydrogen (secondary N) is 1. The summed E-state index contributed by atoms with van der Waals surface area (Å²) < 4.78 is 2.90. The predicted molar refractivity (Wildman–Crippen MR) is 115 cm³/mol. The first-order valence-corrected chi connectivity index (χ1v) is 10.8. The molecular weight excluding hydrogens is 509 g/mol. The van der Waals surface area contributed by atoms with Gasteiger partial charge in [-0.2, -0.15) is 9.97 Å². The van der Waals surface area contributed by atoms with Crippen molar-refractivity contribution in [2.45, 2.75) is 30.7 Å². The average molecular weight is 528 g/mol. The first kappa shape index (κ1) is 19.4. The molecule has 0 amide bonds. The van der Waals surface area contributed by atoms with Crippen LogP contribution in [0.4, 0.5) is 5.82 Å². The molecule has 0 aliphatic heterocycles. The van der Waals surface area contributed by atoms with Crippen molar-refractivity contribution in [1.82, 2.24) is 19.5 Å². The van der Waals surface area contributed by atoms with Gasteiger partial charge in [-0.05, 0) is 64.2 Å². The maximum atomic E-state index is 10.9. The van der Waals surface area contributed by atoms with E-state index in [-0.39, 0.29) is 23.7 Å². The van der Waals surface area contributed by atoms with Gasteiger partial charge in [0.15, 0.2) is 17.0 Å². The lowest BCUT2D eigenvalue weighted by molar-refractivity contribution is -0.124. The van der Waals surface area contributed by atoms with Crippen molar-refractivity contribution in [2.75, 3.05) is 11.9 Å². The van der Waals surface area contributed by atoms with Crippen LogP contribution in [0.15, 0.2) is 30.6 Å². The van der Waals surface area contributed by atoms with Gasteiger partial charge in [0.25, 0.3) is 0 Å². The van der Waals surface area contributed by atoms with E-state index in [2.05, 4.69) is 48.9 Å². The minimum Gasteiger partial charge on any atom is -0.396 e. The minimum atomic E-state index is -1.29. The largest absolute Gasteiger partial charge is 0.396 e. The van der Waals surface area contributed by atoms with Crippen molar-refractivity contribution in [3.05, 3.63) is 45.0 Å². The number of aliphatic hydroxyl groups excluding tert-OH is 2. The lowest BCUT2D eigenvalue weighted by Crippen LogP contribution is -2.52. The van der Waals surface area contributed by atoms with E-state index in [0.29, 0.717) is 29.9 Å². The maximum absolute atomic E-state index is 10.9. The zero-order valence-electron chi connectivity index (χ0n) is 15.2. The zero-order valence-corrected chi connectivity index (χ0v) is 18.1. The molecule has 0 saturated heterocycles. The van der Waals surface area contributed by atoms with E-state index in [1.54, 1.807) is 10.9 Å². The number of aliphatic hydroxyl groups is 3. The molecule has 8 nitrogen and oxygen atoms in total. The maximum Gasteiger partial charge on any atom is 0.226 e. The summed E-state index contributed by atoms with van der Waals surface area (Å²) >= 11 is 8.44. The third-order valence-corrected chi connectivity index (χ3v) is 7.04. The molecule has 0 spiro atoms. The fraction of sp³-hybridized carbons (Fsp3) is 0.421. The van der Waals surface area contributed by atoms with E-state index >= 15 is 0 Å². The van der Waals surface area contributed by atoms with Crippen molar-refractivity contribution in [3.63, 3.8) is 0 Å². The molecule has 0 unspecified atom stereocenters. The summed E-state index contributed by atoms with van der Waals surface area (Å²) in [5.74, 6) is 0.0994. The number of nitrogens with zero attached hydrogens (tertiary/aromatic N) is 4. The molecule has 5 atom stereocenters. The van der Waals surface area contributed by atoms with Crippen LogP contribution < -0.4 is 5.32 Å². The Balaban J connectivity index is 1.49. The average Bonchev–Trinajstić information content (AvgIpc) is 3.26. The van der Waals surface area contributed by atoms with E-state index in [9.17, 15) is 15.3 Å². The van der Waals surface area contributed by atoms with Crippen LogP contribution in [-0.4, -0.2) is 53.2 Å². The molecule has 10 heteroatoms. The summed E-state index contributed by atoms with van der Waals surface area (Å²) in [5, 5.41) is 34.3. The van der Waals surface area contributed by atoms with E-state index in [1.807, 2.05) is 18.2 Å². The van der Waals surface area contributed by atoms with Gasteiger partial charge in [0, 0.05) is 22.6 Å². The third-order valence-electron chi connectivity index (χ3n) is 6.20. The smallest absolute Gasteiger partial charge is 0.226 e. The number of hydrogen-bond acceptors (Lipinski definition) is 7. The molecule has 3 aromatic rings. The highest BCUT2D eigenvalue weighted by Crippen LogP contribution is 2.62. The fourth-order valence-electron chi connectivity index (χ4n) is 4.84. The standard InChI is InChI=1S/C19H19ClIN5O3/c20-18-24-16(22-6-9-2-1-3-10(21)4-9)13-17(25-18)26(8-23-13)14-11-5-19(14,29)15(28)12(11)7-27/h1-4,8,11-12,14-15,27-29H,5-7H2,(H,22,24,25)/t11-,12-,14+,15+,19+/m0/s1. The van der Waals surface area contributed by atoms with Crippen molar-refractivity contribution < 1.29 is 15.3 Å². The van der Waals surface area contributed by atoms with Crippen molar-refractivity contribution >= 4 is 51.2 Å². The topological polar surface area (TPSA) is 116 Å². The summed E-state index contributed by atoms with van der Waals surface area (Å²) in [6.07, 6.45) is 1.07. The molecule has 2 bridgehead atoms. The van der Waals surface area contributed by atoms with Gasteiger partial charge in [0.2, 0.25) is 5.28 Å². The Kier molecular flexibility index (Phi) is 4.70. The van der Waals surface area contributed by atoms with Gasteiger partial charge in [-0.15, -0.1) is 0 Å². The van der Waals surface area contributed by atoms with Gasteiger partial charge in [0.05, 0.1) is 18.5 Å². The van der Waals surface area contributed by atoms with Crippen molar-refractivity contribution in [2.24, 2.45) is 11.8 Å². The van der Waals surface area contributed by atoms with Gasteiger partial charge in [0.1, 0.15) is 5.60 Å². The summed E-state index contributed by atoms with van der Waals surface area (Å²) in [6, 6.07) is 7.70. The second-order valence-electron chi connectivity index (χ2n) is 7.74. The Labute approximate surface area is 185 Å². The van der Waals surface area contributed by atoms with Gasteiger partial charge < -0.3 is 25.2 Å². The zero-order chi connectivity index (χ0) is 20.3. The van der Waals surface area contributed by atoms with E-state index in [0.717, 1.165) is 9.13 Å². The first-order chi connectivity index (χ1) is 13.9. The number of imidazole rings is 1. The third kappa shape index (κ3) is 2.94. The number of benzene rings is 1.